The molecule has 1 aromatic heterocycles. The lowest BCUT2D eigenvalue weighted by Gasteiger charge is -2.36. The summed E-state index contributed by atoms with van der Waals surface area (Å²) in [7, 11) is 4.27. The Morgan fingerprint density at radius 2 is 1.74 bits per heavy atom. The van der Waals surface area contributed by atoms with Crippen molar-refractivity contribution in [3.8, 4) is 16.9 Å². The summed E-state index contributed by atoms with van der Waals surface area (Å²) in [5.74, 6) is 1.09. The van der Waals surface area contributed by atoms with Crippen molar-refractivity contribution in [1.29, 1.82) is 0 Å². The number of phenolic OH excluding ortho intramolecular Hbond substituents is 1. The number of benzene rings is 2. The van der Waals surface area contributed by atoms with Crippen molar-refractivity contribution in [2.45, 2.75) is 32.2 Å². The Kier molecular flexibility index (Phi) is 6.80. The molecule has 184 valence electrons. The molecule has 1 saturated carbocycles. The highest BCUT2D eigenvalue weighted by atomic mass is 35.5. The number of carbonyl (C=O) groups excluding carboxylic acids is 1. The van der Waals surface area contributed by atoms with Gasteiger partial charge in [0.2, 0.25) is 0 Å². The van der Waals surface area contributed by atoms with Crippen LogP contribution in [0.1, 0.15) is 31.2 Å². The number of pyridine rings is 1. The van der Waals surface area contributed by atoms with E-state index in [1.54, 1.807) is 12.1 Å². The minimum absolute atomic E-state index is 0.0541. The smallest absolute Gasteiger partial charge is 0.322 e. The molecule has 1 aliphatic carbocycles. The molecular formula is C27H30Cl2N4O2. The summed E-state index contributed by atoms with van der Waals surface area (Å²) in [6.07, 6.45) is 6.54. The number of nitrogens with one attached hydrogen (secondary N) is 1. The molecule has 0 atom stereocenters. The first-order valence-electron chi connectivity index (χ1n) is 12.1. The van der Waals surface area contributed by atoms with E-state index in [4.69, 9.17) is 23.2 Å². The third kappa shape index (κ3) is 4.92. The van der Waals surface area contributed by atoms with Gasteiger partial charge in [0.05, 0.1) is 21.2 Å². The van der Waals surface area contributed by atoms with Crippen molar-refractivity contribution < 1.29 is 9.90 Å². The molecule has 35 heavy (non-hydrogen) atoms. The van der Waals surface area contributed by atoms with Crippen LogP contribution in [0.3, 0.4) is 0 Å². The van der Waals surface area contributed by atoms with Crippen LogP contribution in [0.25, 0.3) is 22.0 Å². The average Bonchev–Trinajstić information content (AvgIpc) is 2.84. The van der Waals surface area contributed by atoms with E-state index in [1.807, 2.05) is 29.3 Å². The molecule has 0 unspecified atom stereocenters. The highest BCUT2D eigenvalue weighted by Crippen LogP contribution is 2.40. The van der Waals surface area contributed by atoms with E-state index in [0.717, 1.165) is 58.6 Å². The number of fused-ring (bicyclic) bond motifs is 3. The van der Waals surface area contributed by atoms with Crippen molar-refractivity contribution in [3.05, 3.63) is 52.1 Å². The Bertz CT molecular complexity index is 1250. The predicted octanol–water partition coefficient (Wildman–Crippen LogP) is 6.31. The summed E-state index contributed by atoms with van der Waals surface area (Å²) < 4.78 is 0. The molecule has 8 heteroatoms. The molecule has 0 radical (unpaired) electrons. The lowest BCUT2D eigenvalue weighted by Crippen LogP contribution is -2.47. The Hall–Kier alpha value is -2.54. The van der Waals surface area contributed by atoms with Crippen LogP contribution < -0.4 is 10.2 Å². The van der Waals surface area contributed by atoms with Crippen molar-refractivity contribution in [1.82, 2.24) is 15.2 Å². The number of aromatic nitrogens is 1. The lowest BCUT2D eigenvalue weighted by atomic mass is 9.81. The summed E-state index contributed by atoms with van der Waals surface area (Å²) >= 11 is 12.4. The Morgan fingerprint density at radius 3 is 2.43 bits per heavy atom. The van der Waals surface area contributed by atoms with E-state index >= 15 is 0 Å². The highest BCUT2D eigenvalue weighted by Gasteiger charge is 2.31. The van der Waals surface area contributed by atoms with Gasteiger partial charge in [-0.1, -0.05) is 29.3 Å². The molecule has 0 bridgehead atoms. The highest BCUT2D eigenvalue weighted by molar-refractivity contribution is 6.37. The summed E-state index contributed by atoms with van der Waals surface area (Å²) in [5.41, 5.74) is 4.47. The van der Waals surface area contributed by atoms with Crippen LogP contribution in [0.15, 0.2) is 36.5 Å². The lowest BCUT2D eigenvalue weighted by molar-refractivity contribution is 0.219. The number of urea groups is 1. The van der Waals surface area contributed by atoms with Gasteiger partial charge in [0.15, 0.2) is 5.75 Å². The molecule has 2 N–H and O–H groups in total. The van der Waals surface area contributed by atoms with Crippen LogP contribution in [-0.4, -0.2) is 48.2 Å². The summed E-state index contributed by atoms with van der Waals surface area (Å²) in [4.78, 5) is 21.9. The number of halogens is 2. The number of hydrogen-bond donors (Lipinski definition) is 2. The first-order chi connectivity index (χ1) is 16.8. The van der Waals surface area contributed by atoms with E-state index < -0.39 is 0 Å². The zero-order chi connectivity index (χ0) is 24.7. The second-order valence-corrected chi connectivity index (χ2v) is 10.9. The van der Waals surface area contributed by atoms with Gasteiger partial charge in [0.25, 0.3) is 0 Å². The second-order valence-electron chi connectivity index (χ2n) is 10.1. The van der Waals surface area contributed by atoms with Gasteiger partial charge in [0.1, 0.15) is 0 Å². The maximum Gasteiger partial charge on any atom is 0.322 e. The quantitative estimate of drug-likeness (QED) is 0.420. The molecule has 2 aliphatic rings. The number of rotatable bonds is 5. The fraction of sp³-hybridized carbons (Fsp3) is 0.407. The van der Waals surface area contributed by atoms with E-state index in [-0.39, 0.29) is 21.8 Å². The molecule has 3 aromatic rings. The minimum atomic E-state index is -0.125. The fourth-order valence-corrected chi connectivity index (χ4v) is 5.98. The van der Waals surface area contributed by atoms with Gasteiger partial charge >= 0.3 is 6.03 Å². The number of amides is 2. The van der Waals surface area contributed by atoms with Crippen molar-refractivity contribution in [3.63, 3.8) is 0 Å². The number of anilines is 1. The zero-order valence-corrected chi connectivity index (χ0v) is 21.5. The average molecular weight is 513 g/mol. The minimum Gasteiger partial charge on any atom is -0.505 e. The summed E-state index contributed by atoms with van der Waals surface area (Å²) in [6.45, 7) is 2.29. The fourth-order valence-electron chi connectivity index (χ4n) is 5.49. The van der Waals surface area contributed by atoms with Crippen molar-refractivity contribution >= 4 is 45.8 Å². The number of aromatic hydroxyl groups is 1. The van der Waals surface area contributed by atoms with Gasteiger partial charge in [-0.15, -0.1) is 0 Å². The molecule has 2 amide bonds. The standard InChI is InChI=1S/C27H30Cl2N4O2/c1-32(2)14-16-3-5-17(6-4-16)15-33-25-20(13-31-27(33)35)12-30-24-8-7-18(9-21(24)25)19-10-22(28)26(34)23(29)11-19/h7-12,16-17,34H,3-6,13-15H2,1-2H3,(H,31,35)/t16-,17-. The Labute approximate surface area is 215 Å². The molecule has 2 heterocycles. The van der Waals surface area contributed by atoms with Gasteiger partial charge in [-0.3, -0.25) is 9.88 Å². The van der Waals surface area contributed by atoms with Crippen LogP contribution in [0.5, 0.6) is 5.75 Å². The van der Waals surface area contributed by atoms with Gasteiger partial charge in [-0.25, -0.2) is 4.79 Å². The molecule has 0 spiro atoms. The van der Waals surface area contributed by atoms with Crippen LogP contribution >= 0.6 is 23.2 Å². The van der Waals surface area contributed by atoms with Crippen LogP contribution in [0.4, 0.5) is 10.5 Å². The monoisotopic (exact) mass is 512 g/mol. The van der Waals surface area contributed by atoms with Gasteiger partial charge in [0, 0.05) is 36.8 Å². The van der Waals surface area contributed by atoms with E-state index in [9.17, 15) is 9.90 Å². The molecule has 1 aliphatic heterocycles. The largest absolute Gasteiger partial charge is 0.505 e. The first-order valence-corrected chi connectivity index (χ1v) is 12.9. The van der Waals surface area contributed by atoms with Crippen LogP contribution in [0, 0.1) is 11.8 Å². The number of nitrogens with zero attached hydrogens (tertiary/aromatic N) is 3. The molecule has 2 aromatic carbocycles. The molecule has 5 rings (SSSR count). The molecule has 0 saturated heterocycles. The molecular weight excluding hydrogens is 483 g/mol. The number of carbonyl (C=O) groups is 1. The summed E-state index contributed by atoms with van der Waals surface area (Å²) in [6, 6.07) is 9.30. The first kappa shape index (κ1) is 24.2. The van der Waals surface area contributed by atoms with Crippen molar-refractivity contribution in [2.75, 3.05) is 32.1 Å². The SMILES string of the molecule is CN(C)C[C@H]1CC[C@H](CN2C(=O)NCc3cnc4ccc(-c5cc(Cl)c(O)c(Cl)c5)cc4c32)CC1. The topological polar surface area (TPSA) is 68.7 Å². The van der Waals surface area contributed by atoms with Gasteiger partial charge < -0.3 is 15.3 Å². The van der Waals surface area contributed by atoms with Crippen LogP contribution in [-0.2, 0) is 6.54 Å². The van der Waals surface area contributed by atoms with Crippen LogP contribution in [0.2, 0.25) is 10.0 Å². The summed E-state index contributed by atoms with van der Waals surface area (Å²) in [5, 5.41) is 14.3. The second kappa shape index (κ2) is 9.84. The number of phenols is 1. The molecule has 1 fully saturated rings. The Morgan fingerprint density at radius 1 is 1.06 bits per heavy atom. The zero-order valence-electron chi connectivity index (χ0n) is 20.0. The van der Waals surface area contributed by atoms with Crippen molar-refractivity contribution in [2.24, 2.45) is 11.8 Å². The third-order valence-electron chi connectivity index (χ3n) is 7.24. The van der Waals surface area contributed by atoms with Gasteiger partial charge in [-0.05, 0) is 87.0 Å². The maximum absolute atomic E-state index is 13.1. The van der Waals surface area contributed by atoms with Gasteiger partial charge in [-0.2, -0.15) is 0 Å². The Balaban J connectivity index is 1.49. The van der Waals surface area contributed by atoms with E-state index in [0.29, 0.717) is 19.0 Å². The molecule has 6 nitrogen and oxygen atoms in total. The van der Waals surface area contributed by atoms with E-state index in [1.165, 1.54) is 12.8 Å². The predicted molar refractivity (Wildman–Crippen MR) is 142 cm³/mol. The van der Waals surface area contributed by atoms with E-state index in [2.05, 4.69) is 29.3 Å². The normalized spacial score (nSPS) is 20.3. The third-order valence-corrected chi connectivity index (χ3v) is 7.82. The maximum atomic E-state index is 13.1. The number of hydrogen-bond acceptors (Lipinski definition) is 4.